The average Bonchev–Trinajstić information content (AvgIpc) is 2.13. The van der Waals surface area contributed by atoms with Crippen molar-refractivity contribution in [2.24, 2.45) is 5.73 Å². The zero-order chi connectivity index (χ0) is 10.7. The van der Waals surface area contributed by atoms with Crippen LogP contribution in [0.2, 0.25) is 0 Å². The van der Waals surface area contributed by atoms with Crippen molar-refractivity contribution >= 4 is 15.9 Å². The lowest BCUT2D eigenvalue weighted by Gasteiger charge is -2.13. The van der Waals surface area contributed by atoms with Gasteiger partial charge >= 0.3 is 0 Å². The summed E-state index contributed by atoms with van der Waals surface area (Å²) in [6, 6.07) is 3.87. The van der Waals surface area contributed by atoms with Crippen molar-refractivity contribution in [3.63, 3.8) is 0 Å². The Morgan fingerprint density at radius 1 is 1.50 bits per heavy atom. The van der Waals surface area contributed by atoms with Gasteiger partial charge in [0.05, 0.1) is 0 Å². The van der Waals surface area contributed by atoms with E-state index in [9.17, 15) is 5.11 Å². The largest absolute Gasteiger partial charge is 0.508 e. The molecule has 1 unspecified atom stereocenters. The standard InChI is InChI=1S/C11H16BrNO/c1-7(3-4-13)9-5-10(12)8(2)11(14)6-9/h5-7,14H,3-4,13H2,1-2H3. The smallest absolute Gasteiger partial charge is 0.119 e. The van der Waals surface area contributed by atoms with Crippen LogP contribution in [0, 0.1) is 6.92 Å². The molecule has 0 aliphatic rings. The van der Waals surface area contributed by atoms with Crippen LogP contribution in [0.25, 0.3) is 0 Å². The second-order valence-corrected chi connectivity index (χ2v) is 4.48. The van der Waals surface area contributed by atoms with E-state index in [1.807, 2.05) is 13.0 Å². The van der Waals surface area contributed by atoms with E-state index in [-0.39, 0.29) is 0 Å². The number of halogens is 1. The van der Waals surface area contributed by atoms with Crippen molar-refractivity contribution in [1.29, 1.82) is 0 Å². The van der Waals surface area contributed by atoms with Gasteiger partial charge in [0.15, 0.2) is 0 Å². The third-order valence-electron chi connectivity index (χ3n) is 2.51. The highest BCUT2D eigenvalue weighted by Gasteiger charge is 2.09. The summed E-state index contributed by atoms with van der Waals surface area (Å²) < 4.78 is 0.955. The average molecular weight is 258 g/mol. The lowest BCUT2D eigenvalue weighted by Crippen LogP contribution is -2.04. The summed E-state index contributed by atoms with van der Waals surface area (Å²) in [4.78, 5) is 0. The van der Waals surface area contributed by atoms with E-state index in [0.717, 1.165) is 22.0 Å². The van der Waals surface area contributed by atoms with Crippen molar-refractivity contribution in [2.75, 3.05) is 6.54 Å². The van der Waals surface area contributed by atoms with Crippen molar-refractivity contribution < 1.29 is 5.11 Å². The Morgan fingerprint density at radius 2 is 2.14 bits per heavy atom. The minimum absolute atomic E-state index is 0.346. The zero-order valence-corrected chi connectivity index (χ0v) is 10.1. The number of hydrogen-bond donors (Lipinski definition) is 2. The third-order valence-corrected chi connectivity index (χ3v) is 3.33. The van der Waals surface area contributed by atoms with Crippen LogP contribution in [0.4, 0.5) is 0 Å². The van der Waals surface area contributed by atoms with Crippen molar-refractivity contribution in [3.05, 3.63) is 27.7 Å². The molecule has 1 atom stereocenters. The lowest BCUT2D eigenvalue weighted by atomic mass is 9.96. The van der Waals surface area contributed by atoms with Gasteiger partial charge in [-0.1, -0.05) is 22.9 Å². The summed E-state index contributed by atoms with van der Waals surface area (Å²) >= 11 is 3.43. The second kappa shape index (κ2) is 4.80. The Labute approximate surface area is 93.3 Å². The normalized spacial score (nSPS) is 12.9. The minimum Gasteiger partial charge on any atom is -0.508 e. The molecule has 3 heteroatoms. The molecule has 0 aliphatic carbocycles. The Kier molecular flexibility index (Phi) is 3.96. The SMILES string of the molecule is Cc1c(O)cc(C(C)CCN)cc1Br. The molecule has 0 aromatic heterocycles. The third kappa shape index (κ3) is 2.49. The first-order valence-electron chi connectivity index (χ1n) is 4.75. The van der Waals surface area contributed by atoms with Crippen LogP contribution in [-0.2, 0) is 0 Å². The molecule has 0 amide bonds. The van der Waals surface area contributed by atoms with Gasteiger partial charge < -0.3 is 10.8 Å². The fourth-order valence-electron chi connectivity index (χ4n) is 1.39. The van der Waals surface area contributed by atoms with Crippen LogP contribution < -0.4 is 5.73 Å². The molecule has 0 bridgehead atoms. The molecule has 0 saturated heterocycles. The molecule has 0 spiro atoms. The summed E-state index contributed by atoms with van der Waals surface area (Å²) in [5.41, 5.74) is 7.51. The summed E-state index contributed by atoms with van der Waals surface area (Å²) in [5.74, 6) is 0.737. The van der Waals surface area contributed by atoms with Gasteiger partial charge in [0.1, 0.15) is 5.75 Å². The van der Waals surface area contributed by atoms with Crippen molar-refractivity contribution in [1.82, 2.24) is 0 Å². The summed E-state index contributed by atoms with van der Waals surface area (Å²) in [7, 11) is 0. The van der Waals surface area contributed by atoms with E-state index in [0.29, 0.717) is 18.2 Å². The van der Waals surface area contributed by atoms with Crippen LogP contribution in [0.3, 0.4) is 0 Å². The number of phenols is 1. The topological polar surface area (TPSA) is 46.2 Å². The molecule has 1 rings (SSSR count). The lowest BCUT2D eigenvalue weighted by molar-refractivity contribution is 0.469. The molecule has 0 aliphatic heterocycles. The first kappa shape index (κ1) is 11.5. The molecule has 0 radical (unpaired) electrons. The molecular weight excluding hydrogens is 242 g/mol. The van der Waals surface area contributed by atoms with Crippen LogP contribution in [-0.4, -0.2) is 11.7 Å². The maximum Gasteiger partial charge on any atom is 0.119 e. The number of phenolic OH excluding ortho intramolecular Hbond substituents is 1. The zero-order valence-electron chi connectivity index (χ0n) is 8.55. The molecule has 0 fully saturated rings. The molecule has 1 aromatic carbocycles. The van der Waals surface area contributed by atoms with Gasteiger partial charge in [-0.3, -0.25) is 0 Å². The quantitative estimate of drug-likeness (QED) is 0.875. The Bertz CT molecular complexity index is 302. The fraction of sp³-hybridized carbons (Fsp3) is 0.455. The second-order valence-electron chi connectivity index (χ2n) is 3.63. The Morgan fingerprint density at radius 3 is 2.64 bits per heavy atom. The van der Waals surface area contributed by atoms with E-state index in [1.54, 1.807) is 0 Å². The maximum absolute atomic E-state index is 9.64. The molecular formula is C11H16BrNO. The van der Waals surface area contributed by atoms with E-state index < -0.39 is 0 Å². The molecule has 1 aromatic rings. The van der Waals surface area contributed by atoms with Crippen LogP contribution in [0.15, 0.2) is 16.6 Å². The van der Waals surface area contributed by atoms with Crippen LogP contribution in [0.5, 0.6) is 5.75 Å². The first-order valence-corrected chi connectivity index (χ1v) is 5.54. The summed E-state index contributed by atoms with van der Waals surface area (Å²) in [6.07, 6.45) is 0.939. The number of benzene rings is 1. The molecule has 3 N–H and O–H groups in total. The predicted molar refractivity (Wildman–Crippen MR) is 62.6 cm³/mol. The number of rotatable bonds is 3. The van der Waals surface area contributed by atoms with Gasteiger partial charge in [-0.05, 0) is 43.5 Å². The summed E-state index contributed by atoms with van der Waals surface area (Å²) in [6.45, 7) is 4.67. The highest BCUT2D eigenvalue weighted by Crippen LogP contribution is 2.31. The fourth-order valence-corrected chi connectivity index (χ4v) is 1.85. The first-order chi connectivity index (χ1) is 6.56. The molecule has 14 heavy (non-hydrogen) atoms. The minimum atomic E-state index is 0.346. The van der Waals surface area contributed by atoms with Crippen molar-refractivity contribution in [2.45, 2.75) is 26.2 Å². The van der Waals surface area contributed by atoms with Gasteiger partial charge in [0.25, 0.3) is 0 Å². The molecule has 0 saturated carbocycles. The van der Waals surface area contributed by atoms with Gasteiger partial charge in [0, 0.05) is 10.0 Å². The highest BCUT2D eigenvalue weighted by molar-refractivity contribution is 9.10. The molecule has 2 nitrogen and oxygen atoms in total. The molecule has 78 valence electrons. The Balaban J connectivity index is 3.00. The number of hydrogen-bond acceptors (Lipinski definition) is 2. The van der Waals surface area contributed by atoms with Crippen LogP contribution in [0.1, 0.15) is 30.4 Å². The predicted octanol–water partition coefficient (Wildman–Crippen LogP) is 2.92. The number of nitrogens with two attached hydrogens (primary N) is 1. The maximum atomic E-state index is 9.64. The molecule has 0 heterocycles. The van der Waals surface area contributed by atoms with E-state index in [1.165, 1.54) is 0 Å². The monoisotopic (exact) mass is 257 g/mol. The van der Waals surface area contributed by atoms with Gasteiger partial charge in [0.2, 0.25) is 0 Å². The van der Waals surface area contributed by atoms with Crippen molar-refractivity contribution in [3.8, 4) is 5.75 Å². The Hall–Kier alpha value is -0.540. The highest BCUT2D eigenvalue weighted by atomic mass is 79.9. The van der Waals surface area contributed by atoms with Crippen LogP contribution >= 0.6 is 15.9 Å². The van der Waals surface area contributed by atoms with Gasteiger partial charge in [-0.25, -0.2) is 0 Å². The van der Waals surface area contributed by atoms with E-state index in [2.05, 4.69) is 28.9 Å². The van der Waals surface area contributed by atoms with E-state index in [4.69, 9.17) is 5.73 Å². The summed E-state index contributed by atoms with van der Waals surface area (Å²) in [5, 5.41) is 9.64. The number of aromatic hydroxyl groups is 1. The van der Waals surface area contributed by atoms with Gasteiger partial charge in [-0.2, -0.15) is 0 Å². The van der Waals surface area contributed by atoms with E-state index >= 15 is 0 Å². The van der Waals surface area contributed by atoms with Gasteiger partial charge in [-0.15, -0.1) is 0 Å².